The summed E-state index contributed by atoms with van der Waals surface area (Å²) >= 11 is 0. The van der Waals surface area contributed by atoms with Gasteiger partial charge in [0, 0.05) is 26.7 Å². The molecule has 0 spiro atoms. The molecule has 1 atom stereocenters. The Bertz CT molecular complexity index is 334. The van der Waals surface area contributed by atoms with Gasteiger partial charge < -0.3 is 14.8 Å². The summed E-state index contributed by atoms with van der Waals surface area (Å²) in [5, 5.41) is 15.0. The second-order valence-corrected chi connectivity index (χ2v) is 3.99. The van der Waals surface area contributed by atoms with E-state index in [0.29, 0.717) is 19.0 Å². The van der Waals surface area contributed by atoms with Gasteiger partial charge in [0.25, 0.3) is 0 Å². The number of nitrogens with zero attached hydrogens (tertiary/aromatic N) is 4. The van der Waals surface area contributed by atoms with Crippen molar-refractivity contribution >= 4 is 0 Å². The molecule has 7 heteroatoms. The van der Waals surface area contributed by atoms with Gasteiger partial charge in [-0.1, -0.05) is 0 Å². The zero-order valence-corrected chi connectivity index (χ0v) is 9.64. The molecule has 1 saturated heterocycles. The topological polar surface area (TPSA) is 74.1 Å². The molecular formula is C9H17N5O2. The molecule has 90 valence electrons. The lowest BCUT2D eigenvalue weighted by atomic mass is 10.0. The summed E-state index contributed by atoms with van der Waals surface area (Å²) < 4.78 is 10.8. The van der Waals surface area contributed by atoms with Gasteiger partial charge in [0.2, 0.25) is 0 Å². The van der Waals surface area contributed by atoms with Gasteiger partial charge in [0.05, 0.1) is 20.2 Å². The molecule has 0 saturated carbocycles. The summed E-state index contributed by atoms with van der Waals surface area (Å²) in [6.45, 7) is 2.74. The number of methoxy groups -OCH3 is 1. The van der Waals surface area contributed by atoms with Gasteiger partial charge >= 0.3 is 0 Å². The summed E-state index contributed by atoms with van der Waals surface area (Å²) in [5.41, 5.74) is -0.192. The summed E-state index contributed by atoms with van der Waals surface area (Å²) in [6.07, 6.45) is 0.921. The number of tetrazole rings is 1. The van der Waals surface area contributed by atoms with E-state index in [4.69, 9.17) is 9.47 Å². The van der Waals surface area contributed by atoms with E-state index in [0.717, 1.165) is 19.6 Å². The minimum Gasteiger partial charge on any atom is -0.378 e. The van der Waals surface area contributed by atoms with Crippen molar-refractivity contribution in [2.75, 3.05) is 26.9 Å². The van der Waals surface area contributed by atoms with E-state index >= 15 is 0 Å². The number of nitrogens with one attached hydrogen (secondary N) is 1. The molecule has 1 aliphatic heterocycles. The minimum absolute atomic E-state index is 0.192. The summed E-state index contributed by atoms with van der Waals surface area (Å²) in [7, 11) is 3.47. The molecule has 1 fully saturated rings. The third kappa shape index (κ3) is 2.55. The van der Waals surface area contributed by atoms with Gasteiger partial charge in [-0.3, -0.25) is 0 Å². The Kier molecular flexibility index (Phi) is 3.47. The van der Waals surface area contributed by atoms with Gasteiger partial charge in [-0.15, -0.1) is 10.2 Å². The number of rotatable bonds is 5. The zero-order chi connectivity index (χ0) is 11.4. The fourth-order valence-corrected chi connectivity index (χ4v) is 1.76. The van der Waals surface area contributed by atoms with Crippen molar-refractivity contribution in [1.82, 2.24) is 25.5 Å². The monoisotopic (exact) mass is 227 g/mol. The first kappa shape index (κ1) is 11.4. The van der Waals surface area contributed by atoms with E-state index in [9.17, 15) is 0 Å². The molecule has 2 heterocycles. The lowest BCUT2D eigenvalue weighted by molar-refractivity contribution is -0.0160. The lowest BCUT2D eigenvalue weighted by Gasteiger charge is -2.25. The highest BCUT2D eigenvalue weighted by molar-refractivity contribution is 4.88. The Morgan fingerprint density at radius 2 is 2.50 bits per heavy atom. The molecule has 16 heavy (non-hydrogen) atoms. The predicted molar refractivity (Wildman–Crippen MR) is 55.7 cm³/mol. The zero-order valence-electron chi connectivity index (χ0n) is 9.64. The quantitative estimate of drug-likeness (QED) is 0.703. The Morgan fingerprint density at radius 1 is 1.62 bits per heavy atom. The maximum atomic E-state index is 5.49. The van der Waals surface area contributed by atoms with Crippen molar-refractivity contribution < 1.29 is 9.47 Å². The average Bonchev–Trinajstić information content (AvgIpc) is 2.89. The van der Waals surface area contributed by atoms with Crippen LogP contribution >= 0.6 is 0 Å². The summed E-state index contributed by atoms with van der Waals surface area (Å²) in [4.78, 5) is 1.45. The Hall–Kier alpha value is -1.05. The van der Waals surface area contributed by atoms with Crippen LogP contribution < -0.4 is 5.32 Å². The smallest absolute Gasteiger partial charge is 0.188 e. The molecule has 1 aliphatic rings. The van der Waals surface area contributed by atoms with Gasteiger partial charge in [-0.2, -0.15) is 4.80 Å². The first-order valence-corrected chi connectivity index (χ1v) is 5.31. The van der Waals surface area contributed by atoms with Crippen molar-refractivity contribution in [2.45, 2.75) is 18.6 Å². The van der Waals surface area contributed by atoms with Crippen LogP contribution in [0.1, 0.15) is 12.2 Å². The number of hydrogen-bond donors (Lipinski definition) is 1. The molecule has 0 aromatic carbocycles. The SMILES string of the molecule is COC1(CNCc2nnn(C)n2)CCOC1. The predicted octanol–water partition coefficient (Wildman–Crippen LogP) is -0.895. The van der Waals surface area contributed by atoms with E-state index in [2.05, 4.69) is 20.7 Å². The maximum absolute atomic E-state index is 5.49. The van der Waals surface area contributed by atoms with Crippen molar-refractivity contribution in [2.24, 2.45) is 7.05 Å². The van der Waals surface area contributed by atoms with Crippen LogP contribution in [0.15, 0.2) is 0 Å². The molecule has 1 N–H and O–H groups in total. The number of hydrogen-bond acceptors (Lipinski definition) is 6. The second kappa shape index (κ2) is 4.86. The first-order valence-electron chi connectivity index (χ1n) is 5.31. The highest BCUT2D eigenvalue weighted by Crippen LogP contribution is 2.21. The van der Waals surface area contributed by atoms with Crippen LogP contribution in [-0.4, -0.2) is 52.7 Å². The fraction of sp³-hybridized carbons (Fsp3) is 0.889. The molecule has 1 unspecified atom stereocenters. The highest BCUT2D eigenvalue weighted by atomic mass is 16.5. The van der Waals surface area contributed by atoms with Crippen LogP contribution in [-0.2, 0) is 23.1 Å². The minimum atomic E-state index is -0.192. The molecular weight excluding hydrogens is 210 g/mol. The van der Waals surface area contributed by atoms with Crippen molar-refractivity contribution in [3.05, 3.63) is 5.82 Å². The van der Waals surface area contributed by atoms with E-state index in [1.165, 1.54) is 4.80 Å². The average molecular weight is 227 g/mol. The summed E-state index contributed by atoms with van der Waals surface area (Å²) in [5.74, 6) is 0.688. The van der Waals surface area contributed by atoms with E-state index in [-0.39, 0.29) is 5.60 Å². The van der Waals surface area contributed by atoms with Gasteiger partial charge in [0.15, 0.2) is 5.82 Å². The normalized spacial score (nSPS) is 25.1. The molecule has 0 radical (unpaired) electrons. The van der Waals surface area contributed by atoms with Crippen molar-refractivity contribution in [3.8, 4) is 0 Å². The van der Waals surface area contributed by atoms with Crippen molar-refractivity contribution in [1.29, 1.82) is 0 Å². The lowest BCUT2D eigenvalue weighted by Crippen LogP contribution is -2.42. The van der Waals surface area contributed by atoms with Crippen LogP contribution in [0.4, 0.5) is 0 Å². The van der Waals surface area contributed by atoms with Gasteiger partial charge in [-0.25, -0.2) is 0 Å². The Balaban J connectivity index is 1.78. The third-order valence-corrected chi connectivity index (χ3v) is 2.78. The van der Waals surface area contributed by atoms with Gasteiger partial charge in [0.1, 0.15) is 5.60 Å². The summed E-state index contributed by atoms with van der Waals surface area (Å²) in [6, 6.07) is 0. The van der Waals surface area contributed by atoms with E-state index in [1.54, 1.807) is 14.2 Å². The molecule has 0 aliphatic carbocycles. The Labute approximate surface area is 94.1 Å². The fourth-order valence-electron chi connectivity index (χ4n) is 1.76. The maximum Gasteiger partial charge on any atom is 0.188 e. The highest BCUT2D eigenvalue weighted by Gasteiger charge is 2.34. The van der Waals surface area contributed by atoms with Crippen molar-refractivity contribution in [3.63, 3.8) is 0 Å². The third-order valence-electron chi connectivity index (χ3n) is 2.78. The molecule has 0 amide bonds. The van der Waals surface area contributed by atoms with Crippen LogP contribution in [0, 0.1) is 0 Å². The first-order chi connectivity index (χ1) is 7.74. The van der Waals surface area contributed by atoms with Crippen LogP contribution in [0.2, 0.25) is 0 Å². The van der Waals surface area contributed by atoms with Crippen LogP contribution in [0.5, 0.6) is 0 Å². The van der Waals surface area contributed by atoms with E-state index in [1.807, 2.05) is 0 Å². The molecule has 2 rings (SSSR count). The number of aromatic nitrogens is 4. The standard InChI is InChI=1S/C9H17N5O2/c1-14-12-8(11-13-14)5-10-6-9(15-2)3-4-16-7-9/h10H,3-7H2,1-2H3. The number of ether oxygens (including phenoxy) is 2. The molecule has 0 bridgehead atoms. The van der Waals surface area contributed by atoms with Gasteiger partial charge in [-0.05, 0) is 5.21 Å². The van der Waals surface area contributed by atoms with E-state index < -0.39 is 0 Å². The largest absolute Gasteiger partial charge is 0.378 e. The molecule has 7 nitrogen and oxygen atoms in total. The molecule has 1 aromatic rings. The van der Waals surface area contributed by atoms with Crippen LogP contribution in [0.3, 0.4) is 0 Å². The Morgan fingerprint density at radius 3 is 3.06 bits per heavy atom. The van der Waals surface area contributed by atoms with Crippen LogP contribution in [0.25, 0.3) is 0 Å². The molecule has 1 aromatic heterocycles. The number of aryl methyl sites for hydroxylation is 1. The second-order valence-electron chi connectivity index (χ2n) is 3.99.